The number of rotatable bonds is 4. The van der Waals surface area contributed by atoms with Gasteiger partial charge in [-0.15, -0.1) is 0 Å². The van der Waals surface area contributed by atoms with Gasteiger partial charge in [-0.1, -0.05) is 11.6 Å². The molecule has 1 aliphatic heterocycles. The van der Waals surface area contributed by atoms with Crippen molar-refractivity contribution in [3.05, 3.63) is 53.7 Å². The molecule has 0 saturated heterocycles. The Kier molecular flexibility index (Phi) is 4.23. The maximum Gasteiger partial charge on any atom is 0.241 e. The first-order chi connectivity index (χ1) is 12.0. The first-order valence-corrected chi connectivity index (χ1v) is 9.93. The van der Waals surface area contributed by atoms with Gasteiger partial charge in [0.2, 0.25) is 10.0 Å². The van der Waals surface area contributed by atoms with Crippen LogP contribution in [-0.4, -0.2) is 29.5 Å². The first kappa shape index (κ1) is 16.5. The highest BCUT2D eigenvalue weighted by Gasteiger charge is 2.23. The van der Waals surface area contributed by atoms with Crippen molar-refractivity contribution in [2.45, 2.75) is 24.3 Å². The van der Waals surface area contributed by atoms with Crippen LogP contribution in [0.15, 0.2) is 47.8 Å². The summed E-state index contributed by atoms with van der Waals surface area (Å²) in [4.78, 5) is 8.69. The summed E-state index contributed by atoms with van der Waals surface area (Å²) in [6.07, 6.45) is 7.11. The van der Waals surface area contributed by atoms with Crippen molar-refractivity contribution in [3.8, 4) is 0 Å². The topological polar surface area (TPSA) is 76.9 Å². The van der Waals surface area contributed by atoms with Gasteiger partial charge < -0.3 is 4.57 Å². The highest BCUT2D eigenvalue weighted by Crippen LogP contribution is 2.27. The zero-order valence-electron chi connectivity index (χ0n) is 13.4. The van der Waals surface area contributed by atoms with Gasteiger partial charge in [0, 0.05) is 43.5 Å². The number of nitrogens with one attached hydrogen (secondary N) is 1. The number of imidazole rings is 1. The summed E-state index contributed by atoms with van der Waals surface area (Å²) in [5.41, 5.74) is 0.493. The highest BCUT2D eigenvalue weighted by molar-refractivity contribution is 7.89. The molecule has 1 aromatic carbocycles. The summed E-state index contributed by atoms with van der Waals surface area (Å²) in [7, 11) is -3.64. The van der Waals surface area contributed by atoms with Gasteiger partial charge in [-0.2, -0.15) is 0 Å². The van der Waals surface area contributed by atoms with Crippen LogP contribution in [0.5, 0.6) is 0 Å². The number of hydrogen-bond donors (Lipinski definition) is 1. The van der Waals surface area contributed by atoms with Gasteiger partial charge in [-0.05, 0) is 36.6 Å². The van der Waals surface area contributed by atoms with Gasteiger partial charge in [0.15, 0.2) is 0 Å². The Bertz CT molecular complexity index is 1030. The number of aryl methyl sites for hydroxylation is 1. The number of aromatic nitrogens is 3. The summed E-state index contributed by atoms with van der Waals surface area (Å²) in [6.45, 7) is 1.17. The predicted molar refractivity (Wildman–Crippen MR) is 96.0 cm³/mol. The standard InChI is InChI=1S/C17H17ClN4O2S/c18-14-4-5-15(13-2-1-7-20-17(13)14)25(23,24)21-10-12-3-6-16-19-8-9-22(16)11-12/h1-2,4-5,7-9,12,21H,3,6,10-11H2/t12-/m1/s1. The van der Waals surface area contributed by atoms with E-state index in [-0.39, 0.29) is 10.8 Å². The molecule has 0 radical (unpaired) electrons. The number of fused-ring (bicyclic) bond motifs is 2. The van der Waals surface area contributed by atoms with Crippen LogP contribution < -0.4 is 4.72 Å². The van der Waals surface area contributed by atoms with Crippen molar-refractivity contribution >= 4 is 32.5 Å². The van der Waals surface area contributed by atoms with Gasteiger partial charge in [0.25, 0.3) is 0 Å². The Hall–Kier alpha value is -1.96. The molecule has 6 nitrogen and oxygen atoms in total. The van der Waals surface area contributed by atoms with Crippen LogP contribution in [0.3, 0.4) is 0 Å². The molecule has 1 aliphatic rings. The fourth-order valence-electron chi connectivity index (χ4n) is 3.26. The number of hydrogen-bond acceptors (Lipinski definition) is 4. The smallest absolute Gasteiger partial charge is 0.241 e. The van der Waals surface area contributed by atoms with Crippen molar-refractivity contribution in [2.75, 3.05) is 6.54 Å². The minimum Gasteiger partial charge on any atom is -0.335 e. The Morgan fingerprint density at radius 2 is 2.12 bits per heavy atom. The van der Waals surface area contributed by atoms with Gasteiger partial charge in [0.05, 0.1) is 15.4 Å². The van der Waals surface area contributed by atoms with Crippen LogP contribution in [0.1, 0.15) is 12.2 Å². The van der Waals surface area contributed by atoms with Gasteiger partial charge in [-0.25, -0.2) is 18.1 Å². The molecule has 0 unspecified atom stereocenters. The maximum absolute atomic E-state index is 12.8. The van der Waals surface area contributed by atoms with Crippen molar-refractivity contribution in [3.63, 3.8) is 0 Å². The summed E-state index contributed by atoms with van der Waals surface area (Å²) in [6, 6.07) is 6.54. The number of benzene rings is 1. The molecular formula is C17H17ClN4O2S. The van der Waals surface area contributed by atoms with E-state index in [9.17, 15) is 8.42 Å². The molecule has 8 heteroatoms. The van der Waals surface area contributed by atoms with E-state index in [1.165, 1.54) is 6.07 Å². The van der Waals surface area contributed by atoms with Gasteiger partial charge >= 0.3 is 0 Å². The lowest BCUT2D eigenvalue weighted by Crippen LogP contribution is -2.33. The maximum atomic E-state index is 12.8. The molecule has 4 rings (SSSR count). The molecule has 0 fully saturated rings. The Labute approximate surface area is 150 Å². The molecule has 1 N–H and O–H groups in total. The third kappa shape index (κ3) is 3.15. The van der Waals surface area contributed by atoms with E-state index in [4.69, 9.17) is 11.6 Å². The average Bonchev–Trinajstić information content (AvgIpc) is 3.08. The zero-order valence-corrected chi connectivity index (χ0v) is 15.0. The molecule has 0 amide bonds. The summed E-state index contributed by atoms with van der Waals surface area (Å²) in [5.74, 6) is 1.31. The predicted octanol–water partition coefficient (Wildman–Crippen LogP) is 2.63. The normalized spacial score (nSPS) is 17.6. The second kappa shape index (κ2) is 6.40. The Morgan fingerprint density at radius 3 is 3.00 bits per heavy atom. The number of pyridine rings is 1. The number of halogens is 1. The van der Waals surface area contributed by atoms with Crippen LogP contribution in [0, 0.1) is 5.92 Å². The quantitative estimate of drug-likeness (QED) is 0.759. The third-order valence-electron chi connectivity index (χ3n) is 4.56. The number of nitrogens with zero attached hydrogens (tertiary/aromatic N) is 3. The molecule has 3 aromatic rings. The van der Waals surface area contributed by atoms with Crippen LogP contribution >= 0.6 is 11.6 Å². The van der Waals surface area contributed by atoms with Crippen LogP contribution in [0.25, 0.3) is 10.9 Å². The molecule has 2 aromatic heterocycles. The summed E-state index contributed by atoms with van der Waals surface area (Å²) < 4.78 is 30.4. The van der Waals surface area contributed by atoms with E-state index < -0.39 is 10.0 Å². The lowest BCUT2D eigenvalue weighted by atomic mass is 10.00. The van der Waals surface area contributed by atoms with Crippen LogP contribution in [-0.2, 0) is 23.0 Å². The Balaban J connectivity index is 1.56. The number of sulfonamides is 1. The molecule has 130 valence electrons. The largest absolute Gasteiger partial charge is 0.335 e. The van der Waals surface area contributed by atoms with Crippen LogP contribution in [0.2, 0.25) is 5.02 Å². The molecule has 3 heterocycles. The van der Waals surface area contributed by atoms with Gasteiger partial charge in [0.1, 0.15) is 5.82 Å². The lowest BCUT2D eigenvalue weighted by molar-refractivity contribution is 0.363. The van der Waals surface area contributed by atoms with E-state index in [2.05, 4.69) is 19.3 Å². The van der Waals surface area contributed by atoms with E-state index in [1.54, 1.807) is 30.6 Å². The molecule has 1 atom stereocenters. The third-order valence-corrected chi connectivity index (χ3v) is 6.35. The van der Waals surface area contributed by atoms with Crippen molar-refractivity contribution in [2.24, 2.45) is 5.92 Å². The summed E-state index contributed by atoms with van der Waals surface area (Å²) >= 11 is 6.13. The second-order valence-corrected chi connectivity index (χ2v) is 8.34. The Morgan fingerprint density at radius 1 is 1.24 bits per heavy atom. The second-order valence-electron chi connectivity index (χ2n) is 6.20. The van der Waals surface area contributed by atoms with E-state index in [1.807, 2.05) is 6.20 Å². The van der Waals surface area contributed by atoms with E-state index in [0.717, 1.165) is 25.2 Å². The van der Waals surface area contributed by atoms with E-state index in [0.29, 0.717) is 22.5 Å². The lowest BCUT2D eigenvalue weighted by Gasteiger charge is -2.24. The van der Waals surface area contributed by atoms with Crippen LogP contribution in [0.4, 0.5) is 0 Å². The fraction of sp³-hybridized carbons (Fsp3) is 0.294. The van der Waals surface area contributed by atoms with Crippen molar-refractivity contribution < 1.29 is 8.42 Å². The molecule has 25 heavy (non-hydrogen) atoms. The summed E-state index contributed by atoms with van der Waals surface area (Å²) in [5, 5.41) is 0.970. The minimum atomic E-state index is -3.64. The molecule has 0 spiro atoms. The minimum absolute atomic E-state index is 0.208. The molecular weight excluding hydrogens is 360 g/mol. The van der Waals surface area contributed by atoms with Crippen molar-refractivity contribution in [1.82, 2.24) is 19.3 Å². The highest BCUT2D eigenvalue weighted by atomic mass is 35.5. The fourth-order valence-corrected chi connectivity index (χ4v) is 4.78. The van der Waals surface area contributed by atoms with E-state index >= 15 is 0 Å². The van der Waals surface area contributed by atoms with Crippen molar-refractivity contribution in [1.29, 1.82) is 0 Å². The molecule has 0 saturated carbocycles. The zero-order chi connectivity index (χ0) is 17.4. The average molecular weight is 377 g/mol. The first-order valence-electron chi connectivity index (χ1n) is 8.07. The monoisotopic (exact) mass is 376 g/mol. The van der Waals surface area contributed by atoms with Gasteiger partial charge in [-0.3, -0.25) is 4.98 Å². The molecule has 0 aliphatic carbocycles. The molecule has 0 bridgehead atoms. The SMILES string of the molecule is O=S(=O)(NC[C@H]1CCc2nccn2C1)c1ccc(Cl)c2ncccc12.